The second-order valence-corrected chi connectivity index (χ2v) is 7.43. The summed E-state index contributed by atoms with van der Waals surface area (Å²) in [6.07, 6.45) is 0. The van der Waals surface area contributed by atoms with Crippen molar-refractivity contribution in [3.05, 3.63) is 70.3 Å². The number of nitrogens with zero attached hydrogens (tertiary/aromatic N) is 1. The molecule has 0 radical (unpaired) electrons. The van der Waals surface area contributed by atoms with Gasteiger partial charge in [-0.05, 0) is 27.6 Å². The summed E-state index contributed by atoms with van der Waals surface area (Å²) in [4.78, 5) is 12.5. The molecule has 1 heterocycles. The Labute approximate surface area is 154 Å². The number of rotatable bonds is 6. The zero-order chi connectivity index (χ0) is 16.9. The number of amides is 1. The maximum Gasteiger partial charge on any atom is 0.269 e. The Morgan fingerprint density at radius 1 is 1.12 bits per heavy atom. The third kappa shape index (κ3) is 3.68. The molecule has 0 saturated carbocycles. The number of halogens is 1. The largest absolute Gasteiger partial charge is 0.350 e. The monoisotopic (exact) mass is 402 g/mol. The summed E-state index contributed by atoms with van der Waals surface area (Å²) in [5, 5.41) is 4.08. The number of carbonyl (C=O) groups is 1. The highest BCUT2D eigenvalue weighted by Crippen LogP contribution is 2.30. The summed E-state index contributed by atoms with van der Waals surface area (Å²) in [6, 6.07) is 18.4. The van der Waals surface area contributed by atoms with E-state index in [1.165, 1.54) is 5.56 Å². The second kappa shape index (κ2) is 7.90. The summed E-state index contributed by atoms with van der Waals surface area (Å²) in [5.74, 6) is 1.82. The Bertz CT molecular complexity index is 806. The van der Waals surface area contributed by atoms with Crippen LogP contribution in [0.2, 0.25) is 0 Å². The quantitative estimate of drug-likeness (QED) is 0.611. The third-order valence-corrected chi connectivity index (χ3v) is 5.74. The summed E-state index contributed by atoms with van der Waals surface area (Å²) >= 11 is 5.39. The van der Waals surface area contributed by atoms with Crippen molar-refractivity contribution < 1.29 is 4.79 Å². The number of para-hydroxylation sites is 1. The molecule has 0 aliphatic rings. The van der Waals surface area contributed by atoms with E-state index in [0.29, 0.717) is 12.2 Å². The highest BCUT2D eigenvalue weighted by molar-refractivity contribution is 9.10. The number of nitrogens with one attached hydrogen (secondary N) is 1. The van der Waals surface area contributed by atoms with E-state index >= 15 is 0 Å². The molecule has 0 fully saturated rings. The number of hydrogen-bond donors (Lipinski definition) is 1. The van der Waals surface area contributed by atoms with Gasteiger partial charge in [0.2, 0.25) is 0 Å². The molecule has 0 aliphatic heterocycles. The summed E-state index contributed by atoms with van der Waals surface area (Å²) in [6.45, 7) is 0.657. The van der Waals surface area contributed by atoms with Crippen LogP contribution < -0.4 is 5.32 Å². The van der Waals surface area contributed by atoms with Crippen molar-refractivity contribution in [2.24, 2.45) is 7.05 Å². The molecule has 3 rings (SSSR count). The van der Waals surface area contributed by atoms with Crippen molar-refractivity contribution >= 4 is 44.5 Å². The molecule has 5 heteroatoms. The van der Waals surface area contributed by atoms with Crippen molar-refractivity contribution in [2.45, 2.75) is 5.75 Å². The van der Waals surface area contributed by atoms with Gasteiger partial charge in [-0.15, -0.1) is 0 Å². The highest BCUT2D eigenvalue weighted by Gasteiger charge is 2.18. The van der Waals surface area contributed by atoms with E-state index in [0.717, 1.165) is 26.9 Å². The van der Waals surface area contributed by atoms with Gasteiger partial charge in [-0.1, -0.05) is 48.5 Å². The first-order valence-electron chi connectivity index (χ1n) is 7.81. The lowest BCUT2D eigenvalue weighted by molar-refractivity contribution is 0.0947. The molecule has 124 valence electrons. The molecule has 1 N–H and O–H groups in total. The van der Waals surface area contributed by atoms with Crippen molar-refractivity contribution in [3.63, 3.8) is 0 Å². The van der Waals surface area contributed by atoms with Crippen LogP contribution in [0.4, 0.5) is 0 Å². The molecule has 24 heavy (non-hydrogen) atoms. The van der Waals surface area contributed by atoms with Gasteiger partial charge < -0.3 is 9.88 Å². The maximum atomic E-state index is 12.5. The SMILES string of the molecule is Cn1c(C(=O)NCCSCc2ccccc2)c(Br)c2ccccc21. The van der Waals surface area contributed by atoms with Crippen molar-refractivity contribution in [1.29, 1.82) is 0 Å². The molecule has 2 aromatic carbocycles. The van der Waals surface area contributed by atoms with Gasteiger partial charge in [0.25, 0.3) is 5.91 Å². The Hall–Kier alpha value is -1.72. The van der Waals surface area contributed by atoms with Crippen LogP contribution in [-0.4, -0.2) is 22.8 Å². The van der Waals surface area contributed by atoms with Crippen molar-refractivity contribution in [1.82, 2.24) is 9.88 Å². The zero-order valence-corrected chi connectivity index (χ0v) is 15.9. The fourth-order valence-electron chi connectivity index (χ4n) is 2.68. The molecule has 0 atom stereocenters. The molecule has 3 aromatic rings. The second-order valence-electron chi connectivity index (χ2n) is 5.53. The zero-order valence-electron chi connectivity index (χ0n) is 13.5. The predicted octanol–water partition coefficient (Wildman–Crippen LogP) is 4.60. The molecule has 0 unspecified atom stereocenters. The molecule has 1 aromatic heterocycles. The lowest BCUT2D eigenvalue weighted by Gasteiger charge is -2.07. The Kier molecular flexibility index (Phi) is 5.63. The smallest absolute Gasteiger partial charge is 0.269 e. The number of carbonyl (C=O) groups excluding carboxylic acids is 1. The van der Waals surface area contributed by atoms with E-state index in [9.17, 15) is 4.79 Å². The van der Waals surface area contributed by atoms with Crippen LogP contribution in [-0.2, 0) is 12.8 Å². The number of thioether (sulfide) groups is 1. The molecule has 0 saturated heterocycles. The molecular formula is C19H19BrN2OS. The summed E-state index contributed by atoms with van der Waals surface area (Å²) < 4.78 is 2.79. The first-order chi connectivity index (χ1) is 11.7. The van der Waals surface area contributed by atoms with Crippen LogP contribution >= 0.6 is 27.7 Å². The van der Waals surface area contributed by atoms with Crippen LogP contribution in [0, 0.1) is 0 Å². The standard InChI is InChI=1S/C19H19BrN2OS/c1-22-16-10-6-5-9-15(16)17(20)18(22)19(23)21-11-12-24-13-14-7-3-2-4-8-14/h2-10H,11-13H2,1H3,(H,21,23). The lowest BCUT2D eigenvalue weighted by Crippen LogP contribution is -2.27. The minimum atomic E-state index is -0.0408. The van der Waals surface area contributed by atoms with Crippen molar-refractivity contribution in [2.75, 3.05) is 12.3 Å². The van der Waals surface area contributed by atoms with Crippen LogP contribution in [0.15, 0.2) is 59.1 Å². The Morgan fingerprint density at radius 2 is 1.83 bits per heavy atom. The predicted molar refractivity (Wildman–Crippen MR) is 106 cm³/mol. The average Bonchev–Trinajstić information content (AvgIpc) is 2.87. The van der Waals surface area contributed by atoms with Crippen LogP contribution in [0.25, 0.3) is 10.9 Å². The van der Waals surface area contributed by atoms with E-state index in [2.05, 4.69) is 45.5 Å². The highest BCUT2D eigenvalue weighted by atomic mass is 79.9. The lowest BCUT2D eigenvalue weighted by atomic mass is 10.2. The molecular weight excluding hydrogens is 384 g/mol. The molecule has 1 amide bonds. The summed E-state index contributed by atoms with van der Waals surface area (Å²) in [5.41, 5.74) is 3.03. The van der Waals surface area contributed by atoms with Crippen molar-refractivity contribution in [3.8, 4) is 0 Å². The van der Waals surface area contributed by atoms with E-state index in [4.69, 9.17) is 0 Å². The van der Waals surface area contributed by atoms with Gasteiger partial charge >= 0.3 is 0 Å². The first-order valence-corrected chi connectivity index (χ1v) is 9.76. The van der Waals surface area contributed by atoms with Gasteiger partial charge in [0.05, 0.1) is 4.47 Å². The van der Waals surface area contributed by atoms with Crippen LogP contribution in [0.5, 0.6) is 0 Å². The molecule has 0 spiro atoms. The van der Waals surface area contributed by atoms with Gasteiger partial charge in [-0.2, -0.15) is 11.8 Å². The number of fused-ring (bicyclic) bond motifs is 1. The Morgan fingerprint density at radius 3 is 2.58 bits per heavy atom. The minimum Gasteiger partial charge on any atom is -0.350 e. The molecule has 3 nitrogen and oxygen atoms in total. The van der Waals surface area contributed by atoms with Gasteiger partial charge in [-0.25, -0.2) is 0 Å². The minimum absolute atomic E-state index is 0.0408. The van der Waals surface area contributed by atoms with E-state index < -0.39 is 0 Å². The number of aromatic nitrogens is 1. The summed E-state index contributed by atoms with van der Waals surface area (Å²) in [7, 11) is 1.92. The van der Waals surface area contributed by atoms with Crippen LogP contribution in [0.3, 0.4) is 0 Å². The van der Waals surface area contributed by atoms with E-state index in [-0.39, 0.29) is 5.91 Å². The topological polar surface area (TPSA) is 34.0 Å². The fraction of sp³-hybridized carbons (Fsp3) is 0.211. The van der Waals surface area contributed by atoms with E-state index in [1.807, 2.05) is 53.7 Å². The van der Waals surface area contributed by atoms with Gasteiger partial charge in [0, 0.05) is 36.0 Å². The number of benzene rings is 2. The first kappa shape index (κ1) is 17.1. The van der Waals surface area contributed by atoms with E-state index in [1.54, 1.807) is 0 Å². The van der Waals surface area contributed by atoms with Gasteiger partial charge in [0.1, 0.15) is 5.69 Å². The fourth-order valence-corrected chi connectivity index (χ4v) is 4.28. The Balaban J connectivity index is 1.56. The molecule has 0 aliphatic carbocycles. The number of aryl methyl sites for hydroxylation is 1. The average molecular weight is 403 g/mol. The van der Waals surface area contributed by atoms with Crippen LogP contribution in [0.1, 0.15) is 16.1 Å². The van der Waals surface area contributed by atoms with Gasteiger partial charge in [0.15, 0.2) is 0 Å². The maximum absolute atomic E-state index is 12.5. The van der Waals surface area contributed by atoms with Gasteiger partial charge in [-0.3, -0.25) is 4.79 Å². The third-order valence-electron chi connectivity index (χ3n) is 3.90. The normalized spacial score (nSPS) is 10.9. The molecule has 0 bridgehead atoms. The number of hydrogen-bond acceptors (Lipinski definition) is 2.